The Labute approximate surface area is 264 Å². The van der Waals surface area contributed by atoms with Crippen molar-refractivity contribution in [1.29, 1.82) is 0 Å². The standard InChI is InChI=1S/C33H47N5O7/c1-20(2)25-15-30(42)38(33(25)45)19-23-10-12-24(13-11-23)31(43)36-17-28(40)34-18-29(41)37-26(14-22-8-6-5-7-9-22)32(44)35-16-27(39)21(3)4/h5-9,20-21,23-26H,10-19H2,1-4H3,(H,34,40)(H,35,44)(H,36,43)(H,37,41). The summed E-state index contributed by atoms with van der Waals surface area (Å²) in [5.74, 6) is -2.74. The van der Waals surface area contributed by atoms with Crippen molar-refractivity contribution < 1.29 is 33.6 Å². The Morgan fingerprint density at radius 2 is 1.47 bits per heavy atom. The van der Waals surface area contributed by atoms with Gasteiger partial charge in [-0.1, -0.05) is 58.0 Å². The SMILES string of the molecule is CC(C)C(=O)CNC(=O)C(Cc1ccccc1)NC(=O)CNC(=O)CNC(=O)C1CCC(CN2C(=O)CC(C(C)C)C2=O)CC1. The van der Waals surface area contributed by atoms with Crippen LogP contribution in [-0.4, -0.2) is 78.3 Å². The van der Waals surface area contributed by atoms with E-state index in [0.717, 1.165) is 5.56 Å². The Balaban J connectivity index is 1.39. The van der Waals surface area contributed by atoms with Gasteiger partial charge in [0.15, 0.2) is 5.78 Å². The lowest BCUT2D eigenvalue weighted by atomic mass is 9.81. The minimum Gasteiger partial charge on any atom is -0.347 e. The molecule has 1 aromatic rings. The number of imide groups is 1. The lowest BCUT2D eigenvalue weighted by Gasteiger charge is -2.30. The summed E-state index contributed by atoms with van der Waals surface area (Å²) in [7, 11) is 0. The quantitative estimate of drug-likeness (QED) is 0.212. The van der Waals surface area contributed by atoms with Gasteiger partial charge in [0.05, 0.1) is 19.6 Å². The number of likely N-dealkylation sites (tertiary alicyclic amines) is 1. The largest absolute Gasteiger partial charge is 0.347 e. The number of carbonyl (C=O) groups is 7. The molecule has 0 spiro atoms. The molecule has 2 fully saturated rings. The van der Waals surface area contributed by atoms with Gasteiger partial charge in [-0.05, 0) is 43.1 Å². The topological polar surface area (TPSA) is 171 Å². The van der Waals surface area contributed by atoms with Crippen LogP contribution in [0, 0.1) is 29.6 Å². The summed E-state index contributed by atoms with van der Waals surface area (Å²) in [6.45, 7) is 6.92. The molecule has 0 radical (unpaired) electrons. The van der Waals surface area contributed by atoms with E-state index in [1.54, 1.807) is 13.8 Å². The van der Waals surface area contributed by atoms with Crippen LogP contribution in [0.5, 0.6) is 0 Å². The summed E-state index contributed by atoms with van der Waals surface area (Å²) in [6.07, 6.45) is 3.07. The van der Waals surface area contributed by atoms with Crippen LogP contribution in [0.15, 0.2) is 30.3 Å². The van der Waals surface area contributed by atoms with Gasteiger partial charge in [-0.25, -0.2) is 0 Å². The minimum absolute atomic E-state index is 0.0948. The smallest absolute Gasteiger partial charge is 0.243 e. The van der Waals surface area contributed by atoms with Crippen molar-refractivity contribution in [3.05, 3.63) is 35.9 Å². The molecule has 1 saturated carbocycles. The predicted molar refractivity (Wildman–Crippen MR) is 166 cm³/mol. The number of ketones is 1. The van der Waals surface area contributed by atoms with Gasteiger partial charge >= 0.3 is 0 Å². The van der Waals surface area contributed by atoms with Crippen molar-refractivity contribution in [3.63, 3.8) is 0 Å². The molecule has 2 atom stereocenters. The molecule has 2 aliphatic rings. The Kier molecular flexibility index (Phi) is 13.2. The molecule has 1 saturated heterocycles. The second-order valence-electron chi connectivity index (χ2n) is 12.8. The molecule has 1 aliphatic carbocycles. The highest BCUT2D eigenvalue weighted by Gasteiger charge is 2.41. The molecule has 12 heteroatoms. The molecular weight excluding hydrogens is 578 g/mol. The highest BCUT2D eigenvalue weighted by Crippen LogP contribution is 2.33. The molecule has 4 N–H and O–H groups in total. The summed E-state index contributed by atoms with van der Waals surface area (Å²) in [5, 5.41) is 10.3. The number of nitrogens with one attached hydrogen (secondary N) is 4. The summed E-state index contributed by atoms with van der Waals surface area (Å²) < 4.78 is 0. The molecule has 2 unspecified atom stereocenters. The van der Waals surface area contributed by atoms with Crippen molar-refractivity contribution >= 4 is 41.2 Å². The second-order valence-corrected chi connectivity index (χ2v) is 12.8. The molecule has 1 aliphatic heterocycles. The molecule has 0 aromatic heterocycles. The molecular formula is C33H47N5O7. The van der Waals surface area contributed by atoms with Crippen LogP contribution in [0.1, 0.15) is 65.4 Å². The molecule has 12 nitrogen and oxygen atoms in total. The third kappa shape index (κ3) is 10.8. The van der Waals surface area contributed by atoms with E-state index in [1.807, 2.05) is 44.2 Å². The fraction of sp³-hybridized carbons (Fsp3) is 0.606. The number of rotatable bonds is 15. The van der Waals surface area contributed by atoms with Crippen LogP contribution in [0.2, 0.25) is 0 Å². The van der Waals surface area contributed by atoms with Gasteiger partial charge in [0.2, 0.25) is 35.4 Å². The van der Waals surface area contributed by atoms with E-state index in [4.69, 9.17) is 0 Å². The molecule has 1 aromatic carbocycles. The number of hydrogen-bond donors (Lipinski definition) is 4. The first-order valence-electron chi connectivity index (χ1n) is 15.9. The van der Waals surface area contributed by atoms with E-state index in [1.165, 1.54) is 4.90 Å². The van der Waals surface area contributed by atoms with Crippen molar-refractivity contribution in [2.75, 3.05) is 26.2 Å². The third-order valence-corrected chi connectivity index (χ3v) is 8.63. The van der Waals surface area contributed by atoms with Gasteiger partial charge < -0.3 is 21.3 Å². The van der Waals surface area contributed by atoms with Crippen LogP contribution in [0.4, 0.5) is 0 Å². The van der Waals surface area contributed by atoms with E-state index in [9.17, 15) is 33.6 Å². The van der Waals surface area contributed by atoms with E-state index >= 15 is 0 Å². The van der Waals surface area contributed by atoms with Gasteiger partial charge in [-0.3, -0.25) is 38.5 Å². The normalized spacial score (nSPS) is 20.6. The first kappa shape index (κ1) is 35.4. The maximum absolute atomic E-state index is 12.8. The Hall–Kier alpha value is -4.09. The third-order valence-electron chi connectivity index (χ3n) is 8.63. The van der Waals surface area contributed by atoms with Crippen molar-refractivity contribution in [2.24, 2.45) is 29.6 Å². The average Bonchev–Trinajstić information content (AvgIpc) is 3.30. The maximum Gasteiger partial charge on any atom is 0.243 e. The summed E-state index contributed by atoms with van der Waals surface area (Å²) >= 11 is 0. The number of benzene rings is 1. The molecule has 1 heterocycles. The Morgan fingerprint density at radius 3 is 2.07 bits per heavy atom. The average molecular weight is 626 g/mol. The van der Waals surface area contributed by atoms with Gasteiger partial charge in [0, 0.05) is 37.1 Å². The highest BCUT2D eigenvalue weighted by atomic mass is 16.2. The van der Waals surface area contributed by atoms with Gasteiger partial charge in [0.1, 0.15) is 6.04 Å². The van der Waals surface area contributed by atoms with Crippen LogP contribution < -0.4 is 21.3 Å². The highest BCUT2D eigenvalue weighted by molar-refractivity contribution is 6.03. The van der Waals surface area contributed by atoms with Crippen LogP contribution in [0.3, 0.4) is 0 Å². The first-order chi connectivity index (χ1) is 21.3. The second kappa shape index (κ2) is 16.8. The van der Waals surface area contributed by atoms with Gasteiger partial charge in [-0.15, -0.1) is 0 Å². The zero-order valence-corrected chi connectivity index (χ0v) is 26.7. The maximum atomic E-state index is 12.8. The van der Waals surface area contributed by atoms with E-state index in [2.05, 4.69) is 21.3 Å². The fourth-order valence-electron chi connectivity index (χ4n) is 5.65. The Bertz CT molecular complexity index is 1240. The fourth-order valence-corrected chi connectivity index (χ4v) is 5.65. The summed E-state index contributed by atoms with van der Waals surface area (Å²) in [6, 6.07) is 8.15. The molecule has 246 valence electrons. The van der Waals surface area contributed by atoms with E-state index in [0.29, 0.717) is 32.2 Å². The van der Waals surface area contributed by atoms with E-state index in [-0.39, 0.29) is 79.0 Å². The number of amides is 6. The first-order valence-corrected chi connectivity index (χ1v) is 15.9. The van der Waals surface area contributed by atoms with Gasteiger partial charge in [-0.2, -0.15) is 0 Å². The summed E-state index contributed by atoms with van der Waals surface area (Å²) in [5.41, 5.74) is 0.812. The van der Waals surface area contributed by atoms with Crippen LogP contribution in [0.25, 0.3) is 0 Å². The van der Waals surface area contributed by atoms with Crippen molar-refractivity contribution in [1.82, 2.24) is 26.2 Å². The lowest BCUT2D eigenvalue weighted by Crippen LogP contribution is -2.52. The number of carbonyl (C=O) groups excluding carboxylic acids is 7. The molecule has 3 rings (SSSR count). The summed E-state index contributed by atoms with van der Waals surface area (Å²) in [4.78, 5) is 88.8. The number of nitrogens with zero attached hydrogens (tertiary/aromatic N) is 1. The van der Waals surface area contributed by atoms with Crippen molar-refractivity contribution in [2.45, 2.75) is 72.3 Å². The number of hydrogen-bond acceptors (Lipinski definition) is 7. The number of Topliss-reactive ketones (excluding diaryl/α,β-unsaturated/α-hetero) is 1. The van der Waals surface area contributed by atoms with Crippen molar-refractivity contribution in [3.8, 4) is 0 Å². The lowest BCUT2D eigenvalue weighted by molar-refractivity contribution is -0.141. The van der Waals surface area contributed by atoms with E-state index < -0.39 is 30.3 Å². The molecule has 45 heavy (non-hydrogen) atoms. The minimum atomic E-state index is -0.954. The van der Waals surface area contributed by atoms with Gasteiger partial charge in [0.25, 0.3) is 0 Å². The van der Waals surface area contributed by atoms with Crippen LogP contribution >= 0.6 is 0 Å². The molecule has 6 amide bonds. The zero-order valence-electron chi connectivity index (χ0n) is 26.7. The zero-order chi connectivity index (χ0) is 33.1. The predicted octanol–water partition coefficient (Wildman–Crippen LogP) is 1.13. The monoisotopic (exact) mass is 625 g/mol. The Morgan fingerprint density at radius 1 is 0.822 bits per heavy atom. The molecule has 0 bridgehead atoms. The van der Waals surface area contributed by atoms with Crippen LogP contribution in [-0.2, 0) is 40.0 Å².